The molecule has 0 atom stereocenters. The maximum absolute atomic E-state index is 10.7. The first kappa shape index (κ1) is 11.6. The SMILES string of the molecule is CC(=O)COc1c(Br)cccc1[N+](=O)[O-]. The number of hydrogen-bond donors (Lipinski definition) is 0. The van der Waals surface area contributed by atoms with Crippen LogP contribution in [0.2, 0.25) is 0 Å². The summed E-state index contributed by atoms with van der Waals surface area (Å²) in [6, 6.07) is 4.46. The van der Waals surface area contributed by atoms with E-state index in [1.807, 2.05) is 0 Å². The van der Waals surface area contributed by atoms with Gasteiger partial charge in [0.15, 0.2) is 5.78 Å². The van der Waals surface area contributed by atoms with Gasteiger partial charge in [0.05, 0.1) is 9.40 Å². The third-order valence-corrected chi connectivity index (χ3v) is 2.19. The highest BCUT2D eigenvalue weighted by Gasteiger charge is 2.17. The van der Waals surface area contributed by atoms with E-state index in [4.69, 9.17) is 4.74 Å². The summed E-state index contributed by atoms with van der Waals surface area (Å²) in [7, 11) is 0. The maximum atomic E-state index is 10.7. The van der Waals surface area contributed by atoms with Gasteiger partial charge >= 0.3 is 5.69 Å². The van der Waals surface area contributed by atoms with Crippen molar-refractivity contribution in [2.45, 2.75) is 6.92 Å². The van der Waals surface area contributed by atoms with Gasteiger partial charge in [-0.2, -0.15) is 0 Å². The van der Waals surface area contributed by atoms with Crippen LogP contribution in [-0.4, -0.2) is 17.3 Å². The molecule has 0 heterocycles. The third-order valence-electron chi connectivity index (χ3n) is 1.56. The number of rotatable bonds is 4. The van der Waals surface area contributed by atoms with Crippen LogP contribution in [0.3, 0.4) is 0 Å². The highest BCUT2D eigenvalue weighted by molar-refractivity contribution is 9.10. The van der Waals surface area contributed by atoms with Crippen molar-refractivity contribution in [1.29, 1.82) is 0 Å². The number of para-hydroxylation sites is 1. The van der Waals surface area contributed by atoms with E-state index in [0.29, 0.717) is 4.47 Å². The lowest BCUT2D eigenvalue weighted by Gasteiger charge is -2.06. The molecular weight excluding hydrogens is 266 g/mol. The van der Waals surface area contributed by atoms with E-state index in [9.17, 15) is 14.9 Å². The van der Waals surface area contributed by atoms with Gasteiger partial charge in [0.25, 0.3) is 0 Å². The first-order valence-corrected chi connectivity index (χ1v) is 4.87. The molecule has 0 aliphatic rings. The average Bonchev–Trinajstić information content (AvgIpc) is 2.15. The fraction of sp³-hybridized carbons (Fsp3) is 0.222. The Hall–Kier alpha value is -1.43. The smallest absolute Gasteiger partial charge is 0.312 e. The maximum Gasteiger partial charge on any atom is 0.312 e. The number of ether oxygens (including phenoxy) is 1. The molecule has 6 heteroatoms. The number of nitrogens with zero attached hydrogens (tertiary/aromatic N) is 1. The summed E-state index contributed by atoms with van der Waals surface area (Å²) in [5.74, 6) is -0.113. The van der Waals surface area contributed by atoms with Crippen LogP contribution in [0, 0.1) is 10.1 Å². The summed E-state index contributed by atoms with van der Waals surface area (Å²) in [6.07, 6.45) is 0. The highest BCUT2D eigenvalue weighted by Crippen LogP contribution is 2.34. The quantitative estimate of drug-likeness (QED) is 0.624. The Labute approximate surface area is 94.3 Å². The number of carbonyl (C=O) groups is 1. The largest absolute Gasteiger partial charge is 0.478 e. The molecule has 0 saturated carbocycles. The Kier molecular flexibility index (Phi) is 3.79. The van der Waals surface area contributed by atoms with Crippen molar-refractivity contribution in [3.05, 3.63) is 32.8 Å². The molecule has 0 N–H and O–H groups in total. The first-order valence-electron chi connectivity index (χ1n) is 4.07. The molecule has 1 rings (SSSR count). The van der Waals surface area contributed by atoms with Crippen molar-refractivity contribution in [3.63, 3.8) is 0 Å². The second-order valence-electron chi connectivity index (χ2n) is 2.84. The monoisotopic (exact) mass is 273 g/mol. The second-order valence-corrected chi connectivity index (χ2v) is 3.69. The second kappa shape index (κ2) is 4.88. The van der Waals surface area contributed by atoms with E-state index < -0.39 is 4.92 Å². The number of Topliss-reactive ketones (excluding diaryl/α,β-unsaturated/α-hetero) is 1. The lowest BCUT2D eigenvalue weighted by Crippen LogP contribution is -2.08. The Morgan fingerprint density at radius 2 is 2.27 bits per heavy atom. The molecule has 0 saturated heterocycles. The molecule has 0 unspecified atom stereocenters. The topological polar surface area (TPSA) is 69.4 Å². The van der Waals surface area contributed by atoms with Crippen molar-refractivity contribution in [2.75, 3.05) is 6.61 Å². The molecule has 5 nitrogen and oxygen atoms in total. The molecular formula is C9H8BrNO4. The van der Waals surface area contributed by atoms with E-state index in [0.717, 1.165) is 0 Å². The van der Waals surface area contributed by atoms with Crippen LogP contribution >= 0.6 is 15.9 Å². The van der Waals surface area contributed by atoms with Crippen LogP contribution in [-0.2, 0) is 4.79 Å². The number of nitro groups is 1. The van der Waals surface area contributed by atoms with Crippen LogP contribution < -0.4 is 4.74 Å². The van der Waals surface area contributed by atoms with Gasteiger partial charge in [-0.3, -0.25) is 14.9 Å². The molecule has 0 aliphatic carbocycles. The van der Waals surface area contributed by atoms with E-state index in [-0.39, 0.29) is 23.8 Å². The average molecular weight is 274 g/mol. The minimum atomic E-state index is -0.555. The van der Waals surface area contributed by atoms with Crippen molar-refractivity contribution in [2.24, 2.45) is 0 Å². The zero-order valence-electron chi connectivity index (χ0n) is 7.90. The van der Waals surface area contributed by atoms with Crippen LogP contribution in [0.4, 0.5) is 5.69 Å². The molecule has 0 bridgehead atoms. The van der Waals surface area contributed by atoms with E-state index in [1.54, 1.807) is 6.07 Å². The molecule has 15 heavy (non-hydrogen) atoms. The molecule has 1 aromatic rings. The van der Waals surface area contributed by atoms with Crippen LogP contribution in [0.1, 0.15) is 6.92 Å². The minimum absolute atomic E-state index is 0.0812. The fourth-order valence-electron chi connectivity index (χ4n) is 0.958. The van der Waals surface area contributed by atoms with Crippen LogP contribution in [0.15, 0.2) is 22.7 Å². The molecule has 0 spiro atoms. The van der Waals surface area contributed by atoms with Gasteiger partial charge in [-0.05, 0) is 28.9 Å². The van der Waals surface area contributed by atoms with Gasteiger partial charge in [0.1, 0.15) is 6.61 Å². The normalized spacial score (nSPS) is 9.73. The van der Waals surface area contributed by atoms with Gasteiger partial charge in [-0.1, -0.05) is 6.07 Å². The summed E-state index contributed by atoms with van der Waals surface area (Å²) in [5.41, 5.74) is -0.161. The predicted molar refractivity (Wildman–Crippen MR) is 57.0 cm³/mol. The van der Waals surface area contributed by atoms with Crippen molar-refractivity contribution < 1.29 is 14.5 Å². The van der Waals surface area contributed by atoms with Crippen molar-refractivity contribution >= 4 is 27.4 Å². The summed E-state index contributed by atoms with van der Waals surface area (Å²) >= 11 is 3.12. The van der Waals surface area contributed by atoms with Gasteiger partial charge < -0.3 is 4.74 Å². The summed E-state index contributed by atoms with van der Waals surface area (Å²) in [5, 5.41) is 10.6. The number of ketones is 1. The van der Waals surface area contributed by atoms with Gasteiger partial charge in [0, 0.05) is 6.07 Å². The van der Waals surface area contributed by atoms with E-state index in [1.165, 1.54) is 19.1 Å². The van der Waals surface area contributed by atoms with Crippen molar-refractivity contribution in [3.8, 4) is 5.75 Å². The van der Waals surface area contributed by atoms with Gasteiger partial charge in [-0.25, -0.2) is 0 Å². The summed E-state index contributed by atoms with van der Waals surface area (Å²) in [4.78, 5) is 20.8. The zero-order valence-corrected chi connectivity index (χ0v) is 9.48. The number of nitro benzene ring substituents is 1. The molecule has 80 valence electrons. The lowest BCUT2D eigenvalue weighted by atomic mass is 10.3. The Bertz CT molecular complexity index is 405. The summed E-state index contributed by atoms with van der Waals surface area (Å²) < 4.78 is 5.51. The first-order chi connectivity index (χ1) is 7.02. The molecule has 0 aliphatic heterocycles. The van der Waals surface area contributed by atoms with Crippen LogP contribution in [0.5, 0.6) is 5.75 Å². The van der Waals surface area contributed by atoms with Gasteiger partial charge in [0.2, 0.25) is 5.75 Å². The Morgan fingerprint density at radius 1 is 1.60 bits per heavy atom. The zero-order chi connectivity index (χ0) is 11.4. The third kappa shape index (κ3) is 3.02. The number of halogens is 1. The minimum Gasteiger partial charge on any atom is -0.478 e. The molecule has 0 radical (unpaired) electrons. The Morgan fingerprint density at radius 3 is 2.80 bits per heavy atom. The molecule has 0 fully saturated rings. The molecule has 0 aromatic heterocycles. The molecule has 0 amide bonds. The van der Waals surface area contributed by atoms with Crippen molar-refractivity contribution in [1.82, 2.24) is 0 Å². The predicted octanol–water partition coefficient (Wildman–Crippen LogP) is 2.33. The summed E-state index contributed by atoms with van der Waals surface area (Å²) in [6.45, 7) is 1.17. The Balaban J connectivity index is 3.02. The fourth-order valence-corrected chi connectivity index (χ4v) is 1.43. The number of hydrogen-bond acceptors (Lipinski definition) is 4. The van der Waals surface area contributed by atoms with E-state index in [2.05, 4.69) is 15.9 Å². The standard InChI is InChI=1S/C9H8BrNO4/c1-6(12)5-15-9-7(10)3-2-4-8(9)11(13)14/h2-4H,5H2,1H3. The highest BCUT2D eigenvalue weighted by atomic mass is 79.9. The number of carbonyl (C=O) groups excluding carboxylic acids is 1. The van der Waals surface area contributed by atoms with Gasteiger partial charge in [-0.15, -0.1) is 0 Å². The molecule has 1 aromatic carbocycles. The lowest BCUT2D eigenvalue weighted by molar-refractivity contribution is -0.385. The van der Waals surface area contributed by atoms with Crippen LogP contribution in [0.25, 0.3) is 0 Å². The number of benzene rings is 1. The van der Waals surface area contributed by atoms with E-state index >= 15 is 0 Å².